The summed E-state index contributed by atoms with van der Waals surface area (Å²) in [5.74, 6) is 0.825. The number of ether oxygens (including phenoxy) is 1. The molecule has 2 rings (SSSR count). The number of rotatable bonds is 4. The molecule has 2 aromatic rings. The summed E-state index contributed by atoms with van der Waals surface area (Å²) in [7, 11) is 3.57. The molecule has 1 aromatic heterocycles. The van der Waals surface area contributed by atoms with Gasteiger partial charge in [-0.15, -0.1) is 0 Å². The molecule has 2 N–H and O–H groups in total. The second-order valence-electron chi connectivity index (χ2n) is 4.82. The van der Waals surface area contributed by atoms with Crippen LogP contribution in [0.4, 0.5) is 0 Å². The normalized spacial score (nSPS) is 14.2. The van der Waals surface area contributed by atoms with E-state index in [1.165, 1.54) is 0 Å². The first kappa shape index (κ1) is 12.6. The molecule has 1 unspecified atom stereocenters. The molecule has 0 spiro atoms. The molecule has 0 aliphatic heterocycles. The van der Waals surface area contributed by atoms with Gasteiger partial charge in [0.2, 0.25) is 0 Å². The Morgan fingerprint density at radius 2 is 2.11 bits per heavy atom. The highest BCUT2D eigenvalue weighted by molar-refractivity contribution is 5.39. The van der Waals surface area contributed by atoms with Crippen LogP contribution in [0.1, 0.15) is 18.1 Å². The number of para-hydroxylation sites is 1. The van der Waals surface area contributed by atoms with Gasteiger partial charge in [0, 0.05) is 24.3 Å². The largest absolute Gasteiger partial charge is 0.496 e. The number of aryl methyl sites for hydroxylation is 1. The molecule has 0 radical (unpaired) electrons. The Morgan fingerprint density at radius 3 is 2.72 bits per heavy atom. The van der Waals surface area contributed by atoms with Crippen molar-refractivity contribution in [2.24, 2.45) is 12.8 Å². The van der Waals surface area contributed by atoms with Crippen molar-refractivity contribution in [2.45, 2.75) is 18.9 Å². The molecule has 96 valence electrons. The van der Waals surface area contributed by atoms with Gasteiger partial charge in [-0.1, -0.05) is 18.2 Å². The maximum Gasteiger partial charge on any atom is 0.123 e. The Hall–Kier alpha value is -1.81. The third-order valence-corrected chi connectivity index (χ3v) is 3.05. The van der Waals surface area contributed by atoms with Gasteiger partial charge in [0.1, 0.15) is 5.75 Å². The van der Waals surface area contributed by atoms with E-state index in [2.05, 4.69) is 5.10 Å². The van der Waals surface area contributed by atoms with Crippen molar-refractivity contribution in [3.05, 3.63) is 47.8 Å². The van der Waals surface area contributed by atoms with Gasteiger partial charge < -0.3 is 10.5 Å². The van der Waals surface area contributed by atoms with Crippen molar-refractivity contribution in [3.8, 4) is 5.75 Å². The van der Waals surface area contributed by atoms with Gasteiger partial charge in [-0.2, -0.15) is 5.10 Å². The smallest absolute Gasteiger partial charge is 0.123 e. The molecular formula is C14H19N3O. The van der Waals surface area contributed by atoms with Crippen LogP contribution in [0.25, 0.3) is 0 Å². The number of hydrogen-bond acceptors (Lipinski definition) is 3. The number of aromatic nitrogens is 2. The Balaban J connectivity index is 2.29. The van der Waals surface area contributed by atoms with E-state index in [9.17, 15) is 0 Å². The second kappa shape index (κ2) is 4.82. The van der Waals surface area contributed by atoms with Crippen molar-refractivity contribution in [2.75, 3.05) is 7.11 Å². The summed E-state index contributed by atoms with van der Waals surface area (Å²) in [6.45, 7) is 2.01. The van der Waals surface area contributed by atoms with E-state index in [1.54, 1.807) is 11.8 Å². The Bertz CT molecular complexity index is 531. The van der Waals surface area contributed by atoms with E-state index in [1.807, 2.05) is 50.6 Å². The fourth-order valence-corrected chi connectivity index (χ4v) is 2.20. The minimum Gasteiger partial charge on any atom is -0.496 e. The average Bonchev–Trinajstić information content (AvgIpc) is 2.74. The maximum atomic E-state index is 6.44. The molecule has 1 atom stereocenters. The summed E-state index contributed by atoms with van der Waals surface area (Å²) in [5.41, 5.74) is 8.09. The second-order valence-corrected chi connectivity index (χ2v) is 4.82. The molecule has 0 fully saturated rings. The summed E-state index contributed by atoms with van der Waals surface area (Å²) in [6, 6.07) is 7.87. The lowest BCUT2D eigenvalue weighted by Gasteiger charge is -2.26. The molecule has 0 aliphatic rings. The van der Waals surface area contributed by atoms with Crippen molar-refractivity contribution in [1.29, 1.82) is 0 Å². The monoisotopic (exact) mass is 245 g/mol. The number of benzene rings is 1. The highest BCUT2D eigenvalue weighted by Gasteiger charge is 2.25. The quantitative estimate of drug-likeness (QED) is 0.894. The maximum absolute atomic E-state index is 6.44. The standard InChI is InChI=1S/C14H19N3O/c1-14(15,8-11-9-16-17(2)10-11)12-6-4-5-7-13(12)18-3/h4-7,9-10H,8,15H2,1-3H3. The lowest BCUT2D eigenvalue weighted by Crippen LogP contribution is -2.35. The van der Waals surface area contributed by atoms with Crippen molar-refractivity contribution in [3.63, 3.8) is 0 Å². The minimum atomic E-state index is -0.477. The van der Waals surface area contributed by atoms with Crippen molar-refractivity contribution >= 4 is 0 Å². The zero-order valence-electron chi connectivity index (χ0n) is 11.1. The molecule has 0 aliphatic carbocycles. The van der Waals surface area contributed by atoms with Crippen LogP contribution in [0.15, 0.2) is 36.7 Å². The van der Waals surface area contributed by atoms with E-state index in [0.717, 1.165) is 23.3 Å². The third kappa shape index (κ3) is 2.54. The molecule has 0 bridgehead atoms. The number of hydrogen-bond donors (Lipinski definition) is 1. The summed E-state index contributed by atoms with van der Waals surface area (Å²) in [5, 5.41) is 4.17. The van der Waals surface area contributed by atoms with Gasteiger partial charge in [0.25, 0.3) is 0 Å². The first-order chi connectivity index (χ1) is 8.53. The number of methoxy groups -OCH3 is 1. The molecule has 1 heterocycles. The molecule has 4 heteroatoms. The Kier molecular flexibility index (Phi) is 3.39. The van der Waals surface area contributed by atoms with E-state index < -0.39 is 5.54 Å². The highest BCUT2D eigenvalue weighted by atomic mass is 16.5. The lowest BCUT2D eigenvalue weighted by molar-refractivity contribution is 0.386. The predicted molar refractivity (Wildman–Crippen MR) is 71.4 cm³/mol. The molecule has 0 saturated heterocycles. The third-order valence-electron chi connectivity index (χ3n) is 3.05. The fourth-order valence-electron chi connectivity index (χ4n) is 2.20. The highest BCUT2D eigenvalue weighted by Crippen LogP contribution is 2.30. The van der Waals surface area contributed by atoms with Gasteiger partial charge in [-0.3, -0.25) is 4.68 Å². The molecule has 1 aromatic carbocycles. The average molecular weight is 245 g/mol. The summed E-state index contributed by atoms with van der Waals surface area (Å²) < 4.78 is 7.16. The molecular weight excluding hydrogens is 226 g/mol. The first-order valence-electron chi connectivity index (χ1n) is 5.93. The van der Waals surface area contributed by atoms with E-state index in [4.69, 9.17) is 10.5 Å². The van der Waals surface area contributed by atoms with E-state index in [-0.39, 0.29) is 0 Å². The molecule has 4 nitrogen and oxygen atoms in total. The van der Waals surface area contributed by atoms with Gasteiger partial charge in [-0.25, -0.2) is 0 Å². The topological polar surface area (TPSA) is 53.1 Å². The van der Waals surface area contributed by atoms with Crippen LogP contribution >= 0.6 is 0 Å². The fraction of sp³-hybridized carbons (Fsp3) is 0.357. The van der Waals surface area contributed by atoms with Gasteiger partial charge in [-0.05, 0) is 25.0 Å². The van der Waals surface area contributed by atoms with Crippen molar-refractivity contribution < 1.29 is 4.74 Å². The molecule has 0 saturated carbocycles. The van der Waals surface area contributed by atoms with Crippen LogP contribution in [0.3, 0.4) is 0 Å². The van der Waals surface area contributed by atoms with Crippen LogP contribution in [-0.4, -0.2) is 16.9 Å². The van der Waals surface area contributed by atoms with Crippen LogP contribution in [0.5, 0.6) is 5.75 Å². The zero-order chi connectivity index (χ0) is 13.2. The van der Waals surface area contributed by atoms with Gasteiger partial charge in [0.15, 0.2) is 0 Å². The van der Waals surface area contributed by atoms with Crippen LogP contribution < -0.4 is 10.5 Å². The summed E-state index contributed by atoms with van der Waals surface area (Å²) in [6.07, 6.45) is 4.56. The SMILES string of the molecule is COc1ccccc1C(C)(N)Cc1cnn(C)c1. The Morgan fingerprint density at radius 1 is 1.39 bits per heavy atom. The molecule has 18 heavy (non-hydrogen) atoms. The van der Waals surface area contributed by atoms with Gasteiger partial charge >= 0.3 is 0 Å². The van der Waals surface area contributed by atoms with Crippen LogP contribution in [-0.2, 0) is 19.0 Å². The molecule has 0 amide bonds. The number of nitrogens with two attached hydrogens (primary N) is 1. The first-order valence-corrected chi connectivity index (χ1v) is 5.93. The summed E-state index contributed by atoms with van der Waals surface area (Å²) in [4.78, 5) is 0. The van der Waals surface area contributed by atoms with Crippen molar-refractivity contribution in [1.82, 2.24) is 9.78 Å². The van der Waals surface area contributed by atoms with Crippen LogP contribution in [0, 0.1) is 0 Å². The number of nitrogens with zero attached hydrogens (tertiary/aromatic N) is 2. The lowest BCUT2D eigenvalue weighted by atomic mass is 9.87. The Labute approximate surface area is 107 Å². The van der Waals surface area contributed by atoms with E-state index >= 15 is 0 Å². The minimum absolute atomic E-state index is 0.477. The zero-order valence-corrected chi connectivity index (χ0v) is 11.1. The van der Waals surface area contributed by atoms with E-state index in [0.29, 0.717) is 0 Å². The van der Waals surface area contributed by atoms with Gasteiger partial charge in [0.05, 0.1) is 13.3 Å². The summed E-state index contributed by atoms with van der Waals surface area (Å²) >= 11 is 0. The van der Waals surface area contributed by atoms with Crippen LogP contribution in [0.2, 0.25) is 0 Å². The predicted octanol–water partition coefficient (Wildman–Crippen LogP) is 1.85.